The Bertz CT molecular complexity index is 1510. The summed E-state index contributed by atoms with van der Waals surface area (Å²) in [6.45, 7) is -0.161. The van der Waals surface area contributed by atoms with Gasteiger partial charge in [-0.25, -0.2) is 0 Å². The molecule has 2 aliphatic rings. The van der Waals surface area contributed by atoms with E-state index in [1.165, 1.54) is 60.2 Å². The fraction of sp³-hybridized carbons (Fsp3) is 0.441. The highest BCUT2D eigenvalue weighted by Gasteiger charge is 2.35. The summed E-state index contributed by atoms with van der Waals surface area (Å²) in [6.07, 6.45) is 11.5. The third kappa shape index (κ3) is 7.01. The van der Waals surface area contributed by atoms with Crippen LogP contribution in [0.3, 0.4) is 0 Å². The Hall–Kier alpha value is -4.05. The van der Waals surface area contributed by atoms with Crippen LogP contribution in [0.2, 0.25) is 0 Å². The lowest BCUT2D eigenvalue weighted by Gasteiger charge is -2.33. The van der Waals surface area contributed by atoms with Crippen molar-refractivity contribution < 1.29 is 14.3 Å². The van der Waals surface area contributed by atoms with Crippen molar-refractivity contribution in [1.82, 2.24) is 25.5 Å². The summed E-state index contributed by atoms with van der Waals surface area (Å²) in [6, 6.07) is 18.8. The van der Waals surface area contributed by atoms with Crippen LogP contribution in [-0.4, -0.2) is 45.2 Å². The van der Waals surface area contributed by atoms with E-state index in [-0.39, 0.29) is 24.4 Å². The molecule has 2 saturated carbocycles. The number of methoxy groups -OCH3 is 1. The van der Waals surface area contributed by atoms with Crippen LogP contribution in [-0.2, 0) is 16.1 Å². The molecule has 1 atom stereocenters. The van der Waals surface area contributed by atoms with Crippen LogP contribution in [0, 0.1) is 0 Å². The average molecular weight is 613 g/mol. The molecular weight excluding hydrogens is 572 g/mol. The minimum Gasteiger partial charge on any atom is -0.497 e. The fourth-order valence-corrected chi connectivity index (χ4v) is 7.30. The lowest BCUT2D eigenvalue weighted by Crippen LogP contribution is -2.48. The van der Waals surface area contributed by atoms with E-state index in [1.54, 1.807) is 12.0 Å². The van der Waals surface area contributed by atoms with Crippen LogP contribution < -0.4 is 15.0 Å². The van der Waals surface area contributed by atoms with Gasteiger partial charge in [-0.2, -0.15) is 4.80 Å². The predicted octanol–water partition coefficient (Wildman–Crippen LogP) is 6.68. The molecule has 0 unspecified atom stereocenters. The highest BCUT2D eigenvalue weighted by molar-refractivity contribution is 7.10. The molecular formula is C34H40N6O3S. The maximum atomic E-state index is 14.3. The number of tetrazole rings is 1. The number of carbonyl (C=O) groups is 2. The predicted molar refractivity (Wildman–Crippen MR) is 172 cm³/mol. The maximum Gasteiger partial charge on any atom is 0.251 e. The summed E-state index contributed by atoms with van der Waals surface area (Å²) >= 11 is 1.48. The number of nitrogens with zero attached hydrogens (tertiary/aromatic N) is 5. The number of hydrogen-bond acceptors (Lipinski definition) is 7. The van der Waals surface area contributed by atoms with Crippen molar-refractivity contribution >= 4 is 28.8 Å². The average Bonchev–Trinajstić information content (AvgIpc) is 3.77. The highest BCUT2D eigenvalue weighted by atomic mass is 32.1. The molecule has 2 aromatic heterocycles. The van der Waals surface area contributed by atoms with Crippen molar-refractivity contribution in [2.45, 2.75) is 88.8 Å². The van der Waals surface area contributed by atoms with Gasteiger partial charge in [0.15, 0.2) is 0 Å². The van der Waals surface area contributed by atoms with E-state index in [9.17, 15) is 9.59 Å². The van der Waals surface area contributed by atoms with Gasteiger partial charge < -0.3 is 10.1 Å². The number of benzene rings is 2. The third-order valence-electron chi connectivity index (χ3n) is 8.87. The molecule has 10 heteroatoms. The van der Waals surface area contributed by atoms with Crippen LogP contribution in [0.4, 0.5) is 5.69 Å². The lowest BCUT2D eigenvalue weighted by molar-refractivity contribution is -0.127. The summed E-state index contributed by atoms with van der Waals surface area (Å²) in [5, 5.41) is 18.1. The monoisotopic (exact) mass is 612 g/mol. The quantitative estimate of drug-likeness (QED) is 0.214. The van der Waals surface area contributed by atoms with Gasteiger partial charge in [-0.05, 0) is 90.2 Å². The number of hydrogen-bond donors (Lipinski definition) is 1. The van der Waals surface area contributed by atoms with Crippen LogP contribution in [0.25, 0.3) is 11.4 Å². The Morgan fingerprint density at radius 3 is 2.32 bits per heavy atom. The molecule has 2 fully saturated rings. The highest BCUT2D eigenvalue weighted by Crippen LogP contribution is 2.36. The van der Waals surface area contributed by atoms with Gasteiger partial charge in [0.2, 0.25) is 11.7 Å². The third-order valence-corrected chi connectivity index (χ3v) is 9.79. The zero-order chi connectivity index (χ0) is 30.3. The molecule has 0 spiro atoms. The van der Waals surface area contributed by atoms with Gasteiger partial charge in [0, 0.05) is 22.2 Å². The van der Waals surface area contributed by atoms with Crippen molar-refractivity contribution in [3.8, 4) is 17.1 Å². The van der Waals surface area contributed by atoms with E-state index in [4.69, 9.17) is 4.74 Å². The second-order valence-electron chi connectivity index (χ2n) is 11.8. The molecule has 6 rings (SSSR count). The molecule has 9 nitrogen and oxygen atoms in total. The largest absolute Gasteiger partial charge is 0.497 e. The van der Waals surface area contributed by atoms with Crippen molar-refractivity contribution in [1.29, 1.82) is 0 Å². The van der Waals surface area contributed by atoms with Crippen LogP contribution in [0.5, 0.6) is 5.75 Å². The molecule has 0 bridgehead atoms. The Labute approximate surface area is 262 Å². The van der Waals surface area contributed by atoms with E-state index >= 15 is 0 Å². The van der Waals surface area contributed by atoms with E-state index in [1.807, 2.05) is 53.9 Å². The summed E-state index contributed by atoms with van der Waals surface area (Å²) in [4.78, 5) is 32.1. The molecule has 2 amide bonds. The zero-order valence-electron chi connectivity index (χ0n) is 25.2. The van der Waals surface area contributed by atoms with Gasteiger partial charge in [-0.1, -0.05) is 56.7 Å². The van der Waals surface area contributed by atoms with Crippen LogP contribution >= 0.6 is 11.3 Å². The first-order valence-corrected chi connectivity index (χ1v) is 16.6. The Morgan fingerprint density at radius 1 is 0.955 bits per heavy atom. The molecule has 2 aromatic carbocycles. The fourth-order valence-electron chi connectivity index (χ4n) is 6.49. The normalized spacial score (nSPS) is 16.8. The Balaban J connectivity index is 1.30. The van der Waals surface area contributed by atoms with E-state index in [0.29, 0.717) is 17.4 Å². The Morgan fingerprint density at radius 2 is 1.66 bits per heavy atom. The first kappa shape index (κ1) is 30.0. The summed E-state index contributed by atoms with van der Waals surface area (Å²) in [5.41, 5.74) is 2.74. The standard InChI is InChI=1S/C34H40N6O3S/c1-43-29-20-16-26(17-21-29)33-36-38-39(37-33)23-31(41)40(28-18-14-25(15-19-28)24-9-4-2-5-10-24)32(30-13-8-22-44-30)34(42)35-27-11-6-3-7-12-27/h8,13-22,24,27,32H,2-7,9-12,23H2,1H3,(H,35,42)/t32-/m0/s1. The number of ether oxygens (including phenoxy) is 1. The topological polar surface area (TPSA) is 102 Å². The van der Waals surface area contributed by atoms with Crippen molar-refractivity contribution in [3.63, 3.8) is 0 Å². The van der Waals surface area contributed by atoms with Crippen LogP contribution in [0.1, 0.15) is 86.6 Å². The van der Waals surface area contributed by atoms with Gasteiger partial charge in [0.25, 0.3) is 5.91 Å². The molecule has 2 heterocycles. The number of rotatable bonds is 10. The molecule has 44 heavy (non-hydrogen) atoms. The second kappa shape index (κ2) is 14.2. The number of nitrogens with one attached hydrogen (secondary N) is 1. The summed E-state index contributed by atoms with van der Waals surface area (Å²) in [7, 11) is 1.61. The molecule has 0 aliphatic heterocycles. The first-order valence-electron chi connectivity index (χ1n) is 15.8. The second-order valence-corrected chi connectivity index (χ2v) is 12.8. The van der Waals surface area contributed by atoms with Gasteiger partial charge in [-0.3, -0.25) is 14.5 Å². The van der Waals surface area contributed by atoms with E-state index in [0.717, 1.165) is 41.9 Å². The van der Waals surface area contributed by atoms with Gasteiger partial charge in [0.05, 0.1) is 7.11 Å². The summed E-state index contributed by atoms with van der Waals surface area (Å²) < 4.78 is 5.25. The molecule has 4 aromatic rings. The van der Waals surface area contributed by atoms with Gasteiger partial charge in [-0.15, -0.1) is 21.5 Å². The molecule has 2 aliphatic carbocycles. The smallest absolute Gasteiger partial charge is 0.251 e. The van der Waals surface area contributed by atoms with Gasteiger partial charge in [0.1, 0.15) is 18.3 Å². The molecule has 230 valence electrons. The van der Waals surface area contributed by atoms with Crippen molar-refractivity contribution in [2.75, 3.05) is 12.0 Å². The lowest BCUT2D eigenvalue weighted by atomic mass is 9.84. The number of carbonyl (C=O) groups excluding carboxylic acids is 2. The molecule has 0 saturated heterocycles. The number of anilines is 1. The zero-order valence-corrected chi connectivity index (χ0v) is 26.0. The first-order chi connectivity index (χ1) is 21.6. The van der Waals surface area contributed by atoms with Gasteiger partial charge >= 0.3 is 0 Å². The minimum atomic E-state index is -0.811. The van der Waals surface area contributed by atoms with Crippen molar-refractivity contribution in [2.24, 2.45) is 0 Å². The molecule has 0 radical (unpaired) electrons. The summed E-state index contributed by atoms with van der Waals surface area (Å²) in [5.74, 6) is 1.24. The SMILES string of the molecule is COc1ccc(-c2nnn(CC(=O)N(c3ccc(C4CCCCC4)cc3)[C@H](C(=O)NC3CCCCC3)c3cccs3)n2)cc1. The number of thiophene rings is 1. The van der Waals surface area contributed by atoms with Crippen molar-refractivity contribution in [3.05, 3.63) is 76.5 Å². The number of amides is 2. The van der Waals surface area contributed by atoms with E-state index < -0.39 is 6.04 Å². The number of aromatic nitrogens is 4. The minimum absolute atomic E-state index is 0.119. The van der Waals surface area contributed by atoms with E-state index in [2.05, 4.69) is 32.9 Å². The Kier molecular flexibility index (Phi) is 9.65. The molecule has 1 N–H and O–H groups in total. The maximum absolute atomic E-state index is 14.3. The van der Waals surface area contributed by atoms with Crippen LogP contribution in [0.15, 0.2) is 66.0 Å².